The SMILES string of the molecule is Cc1ccc(CSc2nncn2/N=C/c2ccc3c(c2)OCO3)cc1. The van der Waals surface area contributed by atoms with Crippen LogP contribution in [0.1, 0.15) is 16.7 Å². The number of benzene rings is 2. The maximum atomic E-state index is 5.38. The second-order valence-electron chi connectivity index (χ2n) is 5.59. The first kappa shape index (κ1) is 15.7. The number of aryl methyl sites for hydroxylation is 1. The average Bonchev–Trinajstić information content (AvgIpc) is 3.28. The Labute approximate surface area is 149 Å². The molecule has 1 aromatic heterocycles. The highest BCUT2D eigenvalue weighted by Gasteiger charge is 2.12. The van der Waals surface area contributed by atoms with Crippen molar-refractivity contribution in [3.63, 3.8) is 0 Å². The summed E-state index contributed by atoms with van der Waals surface area (Å²) >= 11 is 1.60. The second-order valence-corrected chi connectivity index (χ2v) is 6.53. The summed E-state index contributed by atoms with van der Waals surface area (Å²) in [5.41, 5.74) is 3.42. The smallest absolute Gasteiger partial charge is 0.231 e. The number of ether oxygens (including phenoxy) is 2. The maximum Gasteiger partial charge on any atom is 0.231 e. The first-order valence-corrected chi connectivity index (χ1v) is 8.79. The minimum absolute atomic E-state index is 0.265. The predicted molar refractivity (Wildman–Crippen MR) is 96.3 cm³/mol. The van der Waals surface area contributed by atoms with Crippen molar-refractivity contribution in [1.29, 1.82) is 0 Å². The van der Waals surface area contributed by atoms with Gasteiger partial charge in [0, 0.05) is 5.75 Å². The molecule has 0 fully saturated rings. The molecule has 126 valence electrons. The van der Waals surface area contributed by atoms with E-state index in [2.05, 4.69) is 46.5 Å². The van der Waals surface area contributed by atoms with E-state index in [1.165, 1.54) is 11.1 Å². The Hall–Kier alpha value is -2.80. The van der Waals surface area contributed by atoms with E-state index in [1.807, 2.05) is 18.2 Å². The summed E-state index contributed by atoms with van der Waals surface area (Å²) in [6, 6.07) is 14.2. The molecule has 7 heteroatoms. The second kappa shape index (κ2) is 6.98. The van der Waals surface area contributed by atoms with Crippen molar-refractivity contribution in [3.05, 3.63) is 65.5 Å². The molecule has 2 heterocycles. The molecule has 4 rings (SSSR count). The number of aromatic nitrogens is 3. The van der Waals surface area contributed by atoms with E-state index < -0.39 is 0 Å². The van der Waals surface area contributed by atoms with E-state index in [-0.39, 0.29) is 6.79 Å². The van der Waals surface area contributed by atoms with Crippen molar-refractivity contribution in [1.82, 2.24) is 14.9 Å². The Bertz CT molecular complexity index is 906. The molecular formula is C18H16N4O2S. The van der Waals surface area contributed by atoms with Gasteiger partial charge in [0.15, 0.2) is 11.5 Å². The zero-order valence-corrected chi connectivity index (χ0v) is 14.4. The molecule has 0 unspecified atom stereocenters. The normalized spacial score (nSPS) is 12.8. The molecule has 0 atom stereocenters. The zero-order chi connectivity index (χ0) is 17.1. The first-order chi connectivity index (χ1) is 12.3. The monoisotopic (exact) mass is 352 g/mol. The van der Waals surface area contributed by atoms with E-state index in [4.69, 9.17) is 9.47 Å². The van der Waals surface area contributed by atoms with Gasteiger partial charge in [0.1, 0.15) is 6.33 Å². The van der Waals surface area contributed by atoms with Crippen LogP contribution in [-0.4, -0.2) is 27.9 Å². The largest absolute Gasteiger partial charge is 0.454 e. The zero-order valence-electron chi connectivity index (χ0n) is 13.6. The molecule has 1 aliphatic heterocycles. The van der Waals surface area contributed by atoms with Crippen molar-refractivity contribution in [2.45, 2.75) is 17.8 Å². The Kier molecular flexibility index (Phi) is 4.39. The van der Waals surface area contributed by atoms with Crippen LogP contribution >= 0.6 is 11.8 Å². The average molecular weight is 352 g/mol. The van der Waals surface area contributed by atoms with Gasteiger partial charge >= 0.3 is 0 Å². The van der Waals surface area contributed by atoms with Gasteiger partial charge in [-0.1, -0.05) is 41.6 Å². The number of fused-ring (bicyclic) bond motifs is 1. The summed E-state index contributed by atoms with van der Waals surface area (Å²) in [6.07, 6.45) is 3.35. The molecule has 6 nitrogen and oxygen atoms in total. The van der Waals surface area contributed by atoms with Gasteiger partial charge < -0.3 is 9.47 Å². The van der Waals surface area contributed by atoms with E-state index in [1.54, 1.807) is 29.0 Å². The fourth-order valence-corrected chi connectivity index (χ4v) is 3.17. The third kappa shape index (κ3) is 3.66. The van der Waals surface area contributed by atoms with Gasteiger partial charge in [-0.25, -0.2) is 0 Å². The Balaban J connectivity index is 1.45. The fourth-order valence-electron chi connectivity index (χ4n) is 2.35. The number of thioether (sulfide) groups is 1. The molecule has 25 heavy (non-hydrogen) atoms. The maximum absolute atomic E-state index is 5.38. The molecule has 0 saturated carbocycles. The topological polar surface area (TPSA) is 61.5 Å². The standard InChI is InChI=1S/C18H16N4O2S/c1-13-2-4-14(5-3-13)10-25-18-21-19-11-22(18)20-9-15-6-7-16-17(8-15)24-12-23-16/h2-9,11H,10,12H2,1H3/b20-9+. The van der Waals surface area contributed by atoms with Crippen molar-refractivity contribution in [3.8, 4) is 11.5 Å². The summed E-state index contributed by atoms with van der Waals surface area (Å²) in [4.78, 5) is 0. The Morgan fingerprint density at radius 1 is 1.16 bits per heavy atom. The molecular weight excluding hydrogens is 336 g/mol. The van der Waals surface area contributed by atoms with Crippen LogP contribution in [0, 0.1) is 6.92 Å². The molecule has 0 spiro atoms. The lowest BCUT2D eigenvalue weighted by Crippen LogP contribution is -1.93. The third-order valence-electron chi connectivity index (χ3n) is 3.72. The molecule has 0 amide bonds. The molecule has 3 aromatic rings. The highest BCUT2D eigenvalue weighted by atomic mass is 32.2. The van der Waals surface area contributed by atoms with Gasteiger partial charge in [0.05, 0.1) is 6.21 Å². The quantitative estimate of drug-likeness (QED) is 0.520. The summed E-state index contributed by atoms with van der Waals surface area (Å²) in [6.45, 7) is 2.35. The van der Waals surface area contributed by atoms with Gasteiger partial charge in [0.2, 0.25) is 11.9 Å². The van der Waals surface area contributed by atoms with E-state index >= 15 is 0 Å². The summed E-state index contributed by atoms with van der Waals surface area (Å²) in [5.74, 6) is 2.32. The lowest BCUT2D eigenvalue weighted by atomic mass is 10.2. The summed E-state index contributed by atoms with van der Waals surface area (Å²) in [5, 5.41) is 13.3. The van der Waals surface area contributed by atoms with Gasteiger partial charge in [-0.05, 0) is 36.2 Å². The Morgan fingerprint density at radius 2 is 2.00 bits per heavy atom. The minimum Gasteiger partial charge on any atom is -0.454 e. The van der Waals surface area contributed by atoms with Crippen molar-refractivity contribution in [2.24, 2.45) is 5.10 Å². The van der Waals surface area contributed by atoms with Crippen LogP contribution in [0.5, 0.6) is 11.5 Å². The predicted octanol–water partition coefficient (Wildman–Crippen LogP) is 3.49. The first-order valence-electron chi connectivity index (χ1n) is 7.80. The number of rotatable bonds is 5. The number of nitrogens with zero attached hydrogens (tertiary/aromatic N) is 4. The van der Waals surface area contributed by atoms with Crippen LogP contribution in [-0.2, 0) is 5.75 Å². The van der Waals surface area contributed by atoms with E-state index in [0.717, 1.165) is 28.0 Å². The molecule has 0 radical (unpaired) electrons. The van der Waals surface area contributed by atoms with Gasteiger partial charge in [-0.15, -0.1) is 10.2 Å². The van der Waals surface area contributed by atoms with Gasteiger partial charge in [-0.2, -0.15) is 9.78 Å². The summed E-state index contributed by atoms with van der Waals surface area (Å²) < 4.78 is 12.4. The lowest BCUT2D eigenvalue weighted by Gasteiger charge is -2.02. The highest BCUT2D eigenvalue weighted by molar-refractivity contribution is 7.98. The molecule has 1 aliphatic rings. The van der Waals surface area contributed by atoms with Crippen molar-refractivity contribution in [2.75, 3.05) is 6.79 Å². The van der Waals surface area contributed by atoms with Crippen LogP contribution in [0.3, 0.4) is 0 Å². The molecule has 0 bridgehead atoms. The van der Waals surface area contributed by atoms with Crippen LogP contribution < -0.4 is 9.47 Å². The van der Waals surface area contributed by atoms with Crippen LogP contribution in [0.2, 0.25) is 0 Å². The van der Waals surface area contributed by atoms with Crippen molar-refractivity contribution >= 4 is 18.0 Å². The molecule has 0 saturated heterocycles. The Morgan fingerprint density at radius 3 is 2.88 bits per heavy atom. The van der Waals surface area contributed by atoms with Crippen LogP contribution in [0.4, 0.5) is 0 Å². The van der Waals surface area contributed by atoms with Gasteiger partial charge in [-0.3, -0.25) is 0 Å². The molecule has 2 aromatic carbocycles. The third-order valence-corrected chi connectivity index (χ3v) is 4.72. The number of hydrogen-bond acceptors (Lipinski definition) is 6. The molecule has 0 N–H and O–H groups in total. The number of hydrogen-bond donors (Lipinski definition) is 0. The fraction of sp³-hybridized carbons (Fsp3) is 0.167. The van der Waals surface area contributed by atoms with Crippen LogP contribution in [0.15, 0.2) is 59.0 Å². The van der Waals surface area contributed by atoms with E-state index in [9.17, 15) is 0 Å². The van der Waals surface area contributed by atoms with Crippen LogP contribution in [0.25, 0.3) is 0 Å². The van der Waals surface area contributed by atoms with E-state index in [0.29, 0.717) is 0 Å². The minimum atomic E-state index is 0.265. The highest BCUT2D eigenvalue weighted by Crippen LogP contribution is 2.32. The lowest BCUT2D eigenvalue weighted by molar-refractivity contribution is 0.174. The van der Waals surface area contributed by atoms with Crippen molar-refractivity contribution < 1.29 is 9.47 Å². The summed E-state index contributed by atoms with van der Waals surface area (Å²) in [7, 11) is 0. The molecule has 0 aliphatic carbocycles. The van der Waals surface area contributed by atoms with Gasteiger partial charge in [0.25, 0.3) is 0 Å².